The lowest BCUT2D eigenvalue weighted by molar-refractivity contribution is -0.121. The van der Waals surface area contributed by atoms with Crippen molar-refractivity contribution in [1.29, 1.82) is 0 Å². The lowest BCUT2D eigenvalue weighted by atomic mass is 10.1. The zero-order valence-electron chi connectivity index (χ0n) is 11.4. The summed E-state index contributed by atoms with van der Waals surface area (Å²) < 4.78 is 26.9. The van der Waals surface area contributed by atoms with Gasteiger partial charge in [-0.3, -0.25) is 9.89 Å². The van der Waals surface area contributed by atoms with Gasteiger partial charge >= 0.3 is 0 Å². The Labute approximate surface area is 120 Å². The van der Waals surface area contributed by atoms with Crippen molar-refractivity contribution in [2.45, 2.75) is 19.4 Å². The Morgan fingerprint density at radius 2 is 2.10 bits per heavy atom. The van der Waals surface area contributed by atoms with Gasteiger partial charge in [0.2, 0.25) is 5.91 Å². The predicted octanol–water partition coefficient (Wildman–Crippen LogP) is 1.39. The van der Waals surface area contributed by atoms with E-state index in [4.69, 9.17) is 0 Å². The molecule has 0 fully saturated rings. The first kappa shape index (κ1) is 15.1. The van der Waals surface area contributed by atoms with E-state index in [1.807, 2.05) is 0 Å². The first-order chi connectivity index (χ1) is 9.97. The highest BCUT2D eigenvalue weighted by Gasteiger charge is 2.18. The average Bonchev–Trinajstić information content (AvgIpc) is 2.81. The van der Waals surface area contributed by atoms with Gasteiger partial charge in [0, 0.05) is 12.2 Å². The van der Waals surface area contributed by atoms with Crippen molar-refractivity contribution in [2.75, 3.05) is 6.54 Å². The maximum atomic E-state index is 13.4. The van der Waals surface area contributed by atoms with E-state index in [2.05, 4.69) is 15.5 Å². The van der Waals surface area contributed by atoms with Crippen LogP contribution in [0, 0.1) is 18.6 Å². The van der Waals surface area contributed by atoms with Crippen LogP contribution in [0.4, 0.5) is 8.78 Å². The van der Waals surface area contributed by atoms with Gasteiger partial charge in [-0.05, 0) is 25.1 Å². The molecule has 1 amide bonds. The summed E-state index contributed by atoms with van der Waals surface area (Å²) in [6, 6.07) is 5.03. The molecule has 0 aliphatic carbocycles. The highest BCUT2D eigenvalue weighted by molar-refractivity contribution is 5.78. The minimum atomic E-state index is -1.45. The number of aryl methyl sites for hydroxylation is 1. The number of carbonyl (C=O) groups is 1. The molecule has 112 valence electrons. The number of hydrogen-bond donors (Lipinski definition) is 3. The summed E-state index contributed by atoms with van der Waals surface area (Å²) in [5.41, 5.74) is 0.927. The molecule has 0 saturated carbocycles. The second kappa shape index (κ2) is 6.45. The second-order valence-electron chi connectivity index (χ2n) is 4.67. The van der Waals surface area contributed by atoms with Crippen molar-refractivity contribution >= 4 is 5.91 Å². The lowest BCUT2D eigenvalue weighted by Gasteiger charge is -2.13. The van der Waals surface area contributed by atoms with Crippen LogP contribution in [0.25, 0.3) is 0 Å². The highest BCUT2D eigenvalue weighted by atomic mass is 19.1. The zero-order chi connectivity index (χ0) is 15.4. The van der Waals surface area contributed by atoms with Crippen molar-refractivity contribution in [3.63, 3.8) is 0 Å². The van der Waals surface area contributed by atoms with Crippen molar-refractivity contribution < 1.29 is 18.7 Å². The normalized spacial score (nSPS) is 12.2. The second-order valence-corrected chi connectivity index (χ2v) is 4.67. The molecule has 1 atom stereocenters. The van der Waals surface area contributed by atoms with Gasteiger partial charge in [0.1, 0.15) is 17.7 Å². The SMILES string of the molecule is Cc1cc(CC(=O)NCC(O)c2c(F)cccc2F)n[nH]1. The summed E-state index contributed by atoms with van der Waals surface area (Å²) in [6.07, 6.45) is -1.42. The van der Waals surface area contributed by atoms with E-state index >= 15 is 0 Å². The summed E-state index contributed by atoms with van der Waals surface area (Å²) in [6.45, 7) is 1.53. The number of rotatable bonds is 5. The minimum Gasteiger partial charge on any atom is -0.386 e. The number of aliphatic hydroxyl groups is 1. The largest absolute Gasteiger partial charge is 0.386 e. The molecule has 1 aromatic heterocycles. The first-order valence-electron chi connectivity index (χ1n) is 6.37. The molecule has 5 nitrogen and oxygen atoms in total. The molecule has 0 bridgehead atoms. The monoisotopic (exact) mass is 295 g/mol. The molecular formula is C14H15F2N3O2. The number of halogens is 2. The van der Waals surface area contributed by atoms with Crippen molar-refractivity contribution in [1.82, 2.24) is 15.5 Å². The van der Waals surface area contributed by atoms with Crippen LogP contribution >= 0.6 is 0 Å². The van der Waals surface area contributed by atoms with Gasteiger partial charge in [-0.2, -0.15) is 5.10 Å². The van der Waals surface area contributed by atoms with Gasteiger partial charge < -0.3 is 10.4 Å². The molecule has 0 spiro atoms. The van der Waals surface area contributed by atoms with Crippen LogP contribution in [0.3, 0.4) is 0 Å². The van der Waals surface area contributed by atoms with Crippen LogP contribution in [-0.2, 0) is 11.2 Å². The summed E-state index contributed by atoms with van der Waals surface area (Å²) >= 11 is 0. The summed E-state index contributed by atoms with van der Waals surface area (Å²) in [4.78, 5) is 11.7. The van der Waals surface area contributed by atoms with Crippen molar-refractivity contribution in [3.05, 3.63) is 52.9 Å². The molecular weight excluding hydrogens is 280 g/mol. The van der Waals surface area contributed by atoms with E-state index in [9.17, 15) is 18.7 Å². The first-order valence-corrected chi connectivity index (χ1v) is 6.37. The van der Waals surface area contributed by atoms with Gasteiger partial charge in [-0.25, -0.2) is 8.78 Å². The standard InChI is InChI=1S/C14H15F2N3O2/c1-8-5-9(19-18-8)6-13(21)17-7-12(20)14-10(15)3-2-4-11(14)16/h2-5,12,20H,6-7H2,1H3,(H,17,21)(H,18,19). The van der Waals surface area contributed by atoms with Crippen LogP contribution in [0.15, 0.2) is 24.3 Å². The molecule has 1 aromatic carbocycles. The smallest absolute Gasteiger partial charge is 0.226 e. The number of amides is 1. The topological polar surface area (TPSA) is 78.0 Å². The fourth-order valence-electron chi connectivity index (χ4n) is 1.93. The number of hydrogen-bond acceptors (Lipinski definition) is 3. The van der Waals surface area contributed by atoms with E-state index in [1.54, 1.807) is 13.0 Å². The fraction of sp³-hybridized carbons (Fsp3) is 0.286. The van der Waals surface area contributed by atoms with Crippen LogP contribution in [-0.4, -0.2) is 27.8 Å². The Morgan fingerprint density at radius 1 is 1.43 bits per heavy atom. The molecule has 3 N–H and O–H groups in total. The molecule has 0 radical (unpaired) electrons. The van der Waals surface area contributed by atoms with Gasteiger partial charge in [0.05, 0.1) is 17.7 Å². The maximum absolute atomic E-state index is 13.4. The lowest BCUT2D eigenvalue weighted by Crippen LogP contribution is -2.30. The summed E-state index contributed by atoms with van der Waals surface area (Å²) in [7, 11) is 0. The van der Waals surface area contributed by atoms with Crippen LogP contribution in [0.2, 0.25) is 0 Å². The highest BCUT2D eigenvalue weighted by Crippen LogP contribution is 2.19. The number of H-pyrrole nitrogens is 1. The molecule has 2 rings (SSSR count). The Kier molecular flexibility index (Phi) is 4.64. The van der Waals surface area contributed by atoms with E-state index in [0.717, 1.165) is 17.8 Å². The Bertz CT molecular complexity index is 623. The van der Waals surface area contributed by atoms with Gasteiger partial charge in [0.15, 0.2) is 0 Å². The quantitative estimate of drug-likeness (QED) is 0.780. The molecule has 1 heterocycles. The molecule has 1 unspecified atom stereocenters. The number of aromatic amines is 1. The van der Waals surface area contributed by atoms with E-state index in [0.29, 0.717) is 5.69 Å². The number of benzene rings is 1. The number of nitrogens with zero attached hydrogens (tertiary/aromatic N) is 1. The molecule has 21 heavy (non-hydrogen) atoms. The van der Waals surface area contributed by atoms with E-state index in [1.165, 1.54) is 6.07 Å². The third-order valence-corrected chi connectivity index (χ3v) is 2.93. The van der Waals surface area contributed by atoms with Crippen LogP contribution in [0.1, 0.15) is 23.1 Å². The van der Waals surface area contributed by atoms with Crippen LogP contribution < -0.4 is 5.32 Å². The van der Waals surface area contributed by atoms with Gasteiger partial charge in [-0.15, -0.1) is 0 Å². The fourth-order valence-corrected chi connectivity index (χ4v) is 1.93. The minimum absolute atomic E-state index is 0.0246. The summed E-state index contributed by atoms with van der Waals surface area (Å²) in [5.74, 6) is -2.09. The number of aliphatic hydroxyl groups excluding tert-OH is 1. The van der Waals surface area contributed by atoms with E-state index < -0.39 is 29.2 Å². The zero-order valence-corrected chi connectivity index (χ0v) is 11.4. The average molecular weight is 295 g/mol. The number of aromatic nitrogens is 2. The predicted molar refractivity (Wildman–Crippen MR) is 71.4 cm³/mol. The number of carbonyl (C=O) groups excluding carboxylic acids is 1. The molecule has 2 aromatic rings. The van der Waals surface area contributed by atoms with Crippen LogP contribution in [0.5, 0.6) is 0 Å². The van der Waals surface area contributed by atoms with Gasteiger partial charge in [-0.1, -0.05) is 6.07 Å². The van der Waals surface area contributed by atoms with Gasteiger partial charge in [0.25, 0.3) is 0 Å². The summed E-state index contributed by atoms with van der Waals surface area (Å²) in [5, 5.41) is 18.8. The van der Waals surface area contributed by atoms with E-state index in [-0.39, 0.29) is 13.0 Å². The molecule has 7 heteroatoms. The number of nitrogens with one attached hydrogen (secondary N) is 2. The third-order valence-electron chi connectivity index (χ3n) is 2.93. The van der Waals surface area contributed by atoms with Crippen molar-refractivity contribution in [3.8, 4) is 0 Å². The Balaban J connectivity index is 1.91. The Hall–Kier alpha value is -2.28. The van der Waals surface area contributed by atoms with Crippen molar-refractivity contribution in [2.24, 2.45) is 0 Å². The third kappa shape index (κ3) is 3.85. The maximum Gasteiger partial charge on any atom is 0.226 e. The molecule has 0 aliphatic heterocycles. The molecule has 0 aliphatic rings. The Morgan fingerprint density at radius 3 is 2.67 bits per heavy atom. The molecule has 0 saturated heterocycles.